The first-order valence-electron chi connectivity index (χ1n) is 9.94. The molecule has 1 aromatic carbocycles. The molecule has 0 saturated heterocycles. The molecule has 2 rings (SSSR count). The van der Waals surface area contributed by atoms with E-state index in [-0.39, 0.29) is 43.3 Å². The van der Waals surface area contributed by atoms with E-state index < -0.39 is 12.0 Å². The number of rotatable bonds is 12. The molecule has 0 radical (unpaired) electrons. The van der Waals surface area contributed by atoms with Crippen LogP contribution in [0.5, 0.6) is 11.5 Å². The summed E-state index contributed by atoms with van der Waals surface area (Å²) in [5, 5.41) is 11.9. The fourth-order valence-corrected chi connectivity index (χ4v) is 3.01. The number of hydrogen-bond acceptors (Lipinski definition) is 5. The number of carbonyl (C=O) groups is 3. The first kappa shape index (κ1) is 22.5. The number of carboxylic acid groups (broad SMARTS) is 1. The molecule has 1 aliphatic rings. The Morgan fingerprint density at radius 3 is 2.45 bits per heavy atom. The third kappa shape index (κ3) is 6.66. The zero-order valence-corrected chi connectivity index (χ0v) is 17.2. The lowest BCUT2D eigenvalue weighted by Gasteiger charge is -2.24. The zero-order chi connectivity index (χ0) is 21.4. The smallest absolute Gasteiger partial charge is 0.326 e. The molecule has 2 unspecified atom stereocenters. The number of methoxy groups -OCH3 is 1. The van der Waals surface area contributed by atoms with Gasteiger partial charge in [0.05, 0.1) is 7.11 Å². The molecule has 2 N–H and O–H groups in total. The van der Waals surface area contributed by atoms with Crippen LogP contribution in [0.15, 0.2) is 24.3 Å². The molecule has 2 atom stereocenters. The number of ether oxygens (including phenoxy) is 2. The number of carboxylic acids is 1. The quantitative estimate of drug-likeness (QED) is 0.551. The summed E-state index contributed by atoms with van der Waals surface area (Å²) in [6.07, 6.45) is 2.49. The van der Waals surface area contributed by atoms with Crippen molar-refractivity contribution in [1.82, 2.24) is 10.2 Å². The summed E-state index contributed by atoms with van der Waals surface area (Å²) in [5.74, 6) is -0.776. The van der Waals surface area contributed by atoms with Gasteiger partial charge in [0.2, 0.25) is 5.91 Å². The summed E-state index contributed by atoms with van der Waals surface area (Å²) in [5.41, 5.74) is 0. The van der Waals surface area contributed by atoms with Crippen LogP contribution < -0.4 is 14.8 Å². The van der Waals surface area contributed by atoms with Crippen LogP contribution in [0.2, 0.25) is 0 Å². The van der Waals surface area contributed by atoms with Crippen LogP contribution in [0.4, 0.5) is 0 Å². The summed E-state index contributed by atoms with van der Waals surface area (Å²) in [4.78, 5) is 37.9. The number of amides is 2. The minimum Gasteiger partial charge on any atom is -0.493 e. The molecule has 1 fully saturated rings. The molecular weight excluding hydrogens is 376 g/mol. The van der Waals surface area contributed by atoms with Crippen LogP contribution in [0.3, 0.4) is 0 Å². The van der Waals surface area contributed by atoms with Crippen molar-refractivity contribution < 1.29 is 29.0 Å². The van der Waals surface area contributed by atoms with Gasteiger partial charge in [0.15, 0.2) is 18.1 Å². The second-order valence-corrected chi connectivity index (χ2v) is 7.28. The highest BCUT2D eigenvalue weighted by Gasteiger charge is 2.33. The predicted molar refractivity (Wildman–Crippen MR) is 107 cm³/mol. The molecule has 8 nitrogen and oxygen atoms in total. The van der Waals surface area contributed by atoms with E-state index in [1.807, 2.05) is 13.0 Å². The Morgan fingerprint density at radius 1 is 1.24 bits per heavy atom. The summed E-state index contributed by atoms with van der Waals surface area (Å²) >= 11 is 0. The van der Waals surface area contributed by atoms with Crippen molar-refractivity contribution in [2.24, 2.45) is 5.92 Å². The standard InChI is InChI=1S/C21H30N2O6/c1-4-14(2)20(21(26)27)22-18(24)11-12-23(15-9-10-15)19(25)13-29-17-8-6-5-7-16(17)28-3/h5-8,14-15,20H,4,9-13H2,1-3H3,(H,22,24)(H,26,27). The van der Waals surface area contributed by atoms with E-state index in [4.69, 9.17) is 9.47 Å². The van der Waals surface area contributed by atoms with Crippen molar-refractivity contribution in [3.8, 4) is 11.5 Å². The third-order valence-corrected chi connectivity index (χ3v) is 5.10. The van der Waals surface area contributed by atoms with E-state index in [0.717, 1.165) is 12.8 Å². The fraction of sp³-hybridized carbons (Fsp3) is 0.571. The van der Waals surface area contributed by atoms with Gasteiger partial charge in [0.25, 0.3) is 5.91 Å². The molecular formula is C21H30N2O6. The molecule has 2 amide bonds. The number of hydrogen-bond donors (Lipinski definition) is 2. The minimum absolute atomic E-state index is 0.0527. The van der Waals surface area contributed by atoms with Gasteiger partial charge in [-0.15, -0.1) is 0 Å². The average molecular weight is 406 g/mol. The van der Waals surface area contributed by atoms with Gasteiger partial charge in [-0.1, -0.05) is 32.4 Å². The van der Waals surface area contributed by atoms with Crippen LogP contribution in [-0.4, -0.2) is 60.1 Å². The Labute approximate surface area is 171 Å². The van der Waals surface area contributed by atoms with Crippen molar-refractivity contribution in [1.29, 1.82) is 0 Å². The number of nitrogens with one attached hydrogen (secondary N) is 1. The third-order valence-electron chi connectivity index (χ3n) is 5.10. The largest absolute Gasteiger partial charge is 0.493 e. The zero-order valence-electron chi connectivity index (χ0n) is 17.2. The molecule has 8 heteroatoms. The lowest BCUT2D eigenvalue weighted by atomic mass is 9.99. The van der Waals surface area contributed by atoms with Crippen LogP contribution in [-0.2, 0) is 14.4 Å². The molecule has 1 aliphatic carbocycles. The topological polar surface area (TPSA) is 105 Å². The van der Waals surface area contributed by atoms with Gasteiger partial charge in [0, 0.05) is 19.0 Å². The van der Waals surface area contributed by atoms with E-state index in [0.29, 0.717) is 17.9 Å². The van der Waals surface area contributed by atoms with E-state index >= 15 is 0 Å². The molecule has 1 aromatic rings. The summed E-state index contributed by atoms with van der Waals surface area (Å²) in [7, 11) is 1.53. The summed E-state index contributed by atoms with van der Waals surface area (Å²) < 4.78 is 10.8. The monoisotopic (exact) mass is 406 g/mol. The molecule has 1 saturated carbocycles. The van der Waals surface area contributed by atoms with E-state index in [1.165, 1.54) is 7.11 Å². The maximum atomic E-state index is 12.6. The van der Waals surface area contributed by atoms with Crippen molar-refractivity contribution >= 4 is 17.8 Å². The summed E-state index contributed by atoms with van der Waals surface area (Å²) in [6, 6.07) is 6.27. The highest BCUT2D eigenvalue weighted by Crippen LogP contribution is 2.28. The molecule has 160 valence electrons. The second kappa shape index (κ2) is 10.7. The van der Waals surface area contributed by atoms with Gasteiger partial charge in [-0.3, -0.25) is 9.59 Å². The first-order chi connectivity index (χ1) is 13.9. The molecule has 0 aliphatic heterocycles. The fourth-order valence-electron chi connectivity index (χ4n) is 3.01. The van der Waals surface area contributed by atoms with Gasteiger partial charge in [0.1, 0.15) is 6.04 Å². The van der Waals surface area contributed by atoms with Crippen molar-refractivity contribution in [3.05, 3.63) is 24.3 Å². The SMILES string of the molecule is CCC(C)C(NC(=O)CCN(C(=O)COc1ccccc1OC)C1CC1)C(=O)O. The van der Waals surface area contributed by atoms with Crippen LogP contribution in [0.1, 0.15) is 39.5 Å². The Kier molecular flexibility index (Phi) is 8.30. The first-order valence-corrected chi connectivity index (χ1v) is 9.94. The van der Waals surface area contributed by atoms with Gasteiger partial charge in [-0.05, 0) is 30.9 Å². The van der Waals surface area contributed by atoms with Crippen molar-refractivity contribution in [3.63, 3.8) is 0 Å². The number of nitrogens with zero attached hydrogens (tertiary/aromatic N) is 1. The molecule has 29 heavy (non-hydrogen) atoms. The predicted octanol–water partition coefficient (Wildman–Crippen LogP) is 2.07. The number of benzene rings is 1. The molecule has 0 aromatic heterocycles. The highest BCUT2D eigenvalue weighted by molar-refractivity contribution is 5.84. The van der Waals surface area contributed by atoms with E-state index in [1.54, 1.807) is 30.0 Å². The summed E-state index contributed by atoms with van der Waals surface area (Å²) in [6.45, 7) is 3.75. The average Bonchev–Trinajstić information content (AvgIpc) is 3.55. The lowest BCUT2D eigenvalue weighted by Crippen LogP contribution is -2.46. The van der Waals surface area contributed by atoms with Crippen LogP contribution in [0.25, 0.3) is 0 Å². The maximum absolute atomic E-state index is 12.6. The Hall–Kier alpha value is -2.77. The maximum Gasteiger partial charge on any atom is 0.326 e. The van der Waals surface area contributed by atoms with Gasteiger partial charge in [-0.2, -0.15) is 0 Å². The van der Waals surface area contributed by atoms with Crippen LogP contribution >= 0.6 is 0 Å². The molecule has 0 bridgehead atoms. The Bertz CT molecular complexity index is 719. The van der Waals surface area contributed by atoms with E-state index in [2.05, 4.69) is 5.32 Å². The number of carbonyl (C=O) groups excluding carboxylic acids is 2. The van der Waals surface area contributed by atoms with Crippen molar-refractivity contribution in [2.45, 2.75) is 51.6 Å². The van der Waals surface area contributed by atoms with Gasteiger partial charge >= 0.3 is 5.97 Å². The highest BCUT2D eigenvalue weighted by atomic mass is 16.5. The number of aliphatic carboxylic acids is 1. The van der Waals surface area contributed by atoms with E-state index in [9.17, 15) is 19.5 Å². The van der Waals surface area contributed by atoms with Gasteiger partial charge < -0.3 is 24.8 Å². The Balaban J connectivity index is 1.88. The Morgan fingerprint density at radius 2 is 1.90 bits per heavy atom. The molecule has 0 spiro atoms. The number of para-hydroxylation sites is 2. The molecule has 0 heterocycles. The second-order valence-electron chi connectivity index (χ2n) is 7.28. The lowest BCUT2D eigenvalue weighted by molar-refractivity contribution is -0.143. The normalized spacial score (nSPS) is 15.1. The van der Waals surface area contributed by atoms with Gasteiger partial charge in [-0.25, -0.2) is 4.79 Å². The van der Waals surface area contributed by atoms with Crippen LogP contribution in [0, 0.1) is 5.92 Å². The van der Waals surface area contributed by atoms with Crippen molar-refractivity contribution in [2.75, 3.05) is 20.3 Å². The minimum atomic E-state index is -1.05.